The predicted molar refractivity (Wildman–Crippen MR) is 81.6 cm³/mol. The first-order valence-electron chi connectivity index (χ1n) is 7.37. The fourth-order valence-electron chi connectivity index (χ4n) is 2.99. The Morgan fingerprint density at radius 1 is 1.14 bits per heavy atom. The molecule has 21 heavy (non-hydrogen) atoms. The number of carbonyl (C=O) groups excluding carboxylic acids is 1. The van der Waals surface area contributed by atoms with Gasteiger partial charge in [-0.2, -0.15) is 0 Å². The largest absolute Gasteiger partial charge is 0.339 e. The van der Waals surface area contributed by atoms with Crippen LogP contribution in [0.25, 0.3) is 10.8 Å². The standard InChI is InChI=1S/C17H19FN2O/c18-16-6-5-15(13-3-1-2-4-14(13)16)17(21)20-9-7-12(11-19)8-10-20/h1-6,12H,7-11,19H2. The monoisotopic (exact) mass is 286 g/mol. The molecular weight excluding hydrogens is 267 g/mol. The van der Waals surface area contributed by atoms with Gasteiger partial charge in [0.2, 0.25) is 0 Å². The fraction of sp³-hybridized carbons (Fsp3) is 0.353. The van der Waals surface area contributed by atoms with Crippen molar-refractivity contribution < 1.29 is 9.18 Å². The molecule has 3 rings (SSSR count). The van der Waals surface area contributed by atoms with Crippen molar-refractivity contribution >= 4 is 16.7 Å². The van der Waals surface area contributed by atoms with E-state index in [0.29, 0.717) is 28.8 Å². The molecule has 1 aliphatic heterocycles. The third-order valence-corrected chi connectivity index (χ3v) is 4.34. The van der Waals surface area contributed by atoms with Gasteiger partial charge >= 0.3 is 0 Å². The summed E-state index contributed by atoms with van der Waals surface area (Å²) >= 11 is 0. The molecule has 0 atom stereocenters. The number of rotatable bonds is 2. The highest BCUT2D eigenvalue weighted by Crippen LogP contribution is 2.25. The summed E-state index contributed by atoms with van der Waals surface area (Å²) in [5.41, 5.74) is 6.26. The smallest absolute Gasteiger partial charge is 0.254 e. The molecule has 4 heteroatoms. The Morgan fingerprint density at radius 3 is 2.48 bits per heavy atom. The molecule has 1 saturated heterocycles. The number of carbonyl (C=O) groups is 1. The van der Waals surface area contributed by atoms with E-state index < -0.39 is 0 Å². The third kappa shape index (κ3) is 2.63. The number of halogens is 1. The maximum Gasteiger partial charge on any atom is 0.254 e. The van der Waals surface area contributed by atoms with E-state index in [9.17, 15) is 9.18 Å². The molecule has 0 aliphatic carbocycles. The number of likely N-dealkylation sites (tertiary alicyclic amines) is 1. The average molecular weight is 286 g/mol. The van der Waals surface area contributed by atoms with Crippen LogP contribution in [0.15, 0.2) is 36.4 Å². The summed E-state index contributed by atoms with van der Waals surface area (Å²) in [7, 11) is 0. The molecule has 1 amide bonds. The van der Waals surface area contributed by atoms with Crippen LogP contribution in [0.5, 0.6) is 0 Å². The van der Waals surface area contributed by atoms with E-state index >= 15 is 0 Å². The van der Waals surface area contributed by atoms with Gasteiger partial charge in [0.05, 0.1) is 0 Å². The Balaban J connectivity index is 1.90. The van der Waals surface area contributed by atoms with E-state index in [-0.39, 0.29) is 11.7 Å². The summed E-state index contributed by atoms with van der Waals surface area (Å²) in [6, 6.07) is 10.1. The number of hydrogen-bond donors (Lipinski definition) is 1. The van der Waals surface area contributed by atoms with Crippen molar-refractivity contribution in [3.63, 3.8) is 0 Å². The molecule has 2 N–H and O–H groups in total. The van der Waals surface area contributed by atoms with Crippen molar-refractivity contribution in [3.8, 4) is 0 Å². The molecule has 1 aliphatic rings. The van der Waals surface area contributed by atoms with Crippen molar-refractivity contribution in [2.75, 3.05) is 19.6 Å². The molecule has 0 unspecified atom stereocenters. The van der Waals surface area contributed by atoms with Gasteiger partial charge in [-0.1, -0.05) is 24.3 Å². The number of fused-ring (bicyclic) bond motifs is 1. The summed E-state index contributed by atoms with van der Waals surface area (Å²) in [6.07, 6.45) is 1.89. The molecule has 0 bridgehead atoms. The number of piperidine rings is 1. The lowest BCUT2D eigenvalue weighted by molar-refractivity contribution is 0.0695. The lowest BCUT2D eigenvalue weighted by Crippen LogP contribution is -2.40. The van der Waals surface area contributed by atoms with Crippen molar-refractivity contribution in [2.24, 2.45) is 11.7 Å². The van der Waals surface area contributed by atoms with Gasteiger partial charge in [0.15, 0.2) is 0 Å². The SMILES string of the molecule is NCC1CCN(C(=O)c2ccc(F)c3ccccc23)CC1. The van der Waals surface area contributed by atoms with E-state index in [0.717, 1.165) is 25.9 Å². The zero-order valence-electron chi connectivity index (χ0n) is 11.9. The minimum absolute atomic E-state index is 0.0123. The molecule has 2 aromatic rings. The first kappa shape index (κ1) is 14.0. The molecule has 110 valence electrons. The summed E-state index contributed by atoms with van der Waals surface area (Å²) in [6.45, 7) is 2.14. The van der Waals surface area contributed by atoms with E-state index in [1.807, 2.05) is 11.0 Å². The lowest BCUT2D eigenvalue weighted by atomic mass is 9.96. The van der Waals surface area contributed by atoms with Crippen molar-refractivity contribution in [1.29, 1.82) is 0 Å². The molecule has 2 aromatic carbocycles. The average Bonchev–Trinajstić information content (AvgIpc) is 2.55. The van der Waals surface area contributed by atoms with Gasteiger partial charge < -0.3 is 10.6 Å². The second-order valence-corrected chi connectivity index (χ2v) is 5.61. The molecule has 1 heterocycles. The van der Waals surface area contributed by atoms with Crippen molar-refractivity contribution in [3.05, 3.63) is 47.8 Å². The Labute approximate surface area is 123 Å². The molecule has 1 fully saturated rings. The molecule has 0 spiro atoms. The van der Waals surface area contributed by atoms with E-state index in [4.69, 9.17) is 5.73 Å². The Bertz CT molecular complexity index is 663. The highest BCUT2D eigenvalue weighted by atomic mass is 19.1. The van der Waals surface area contributed by atoms with Crippen molar-refractivity contribution in [1.82, 2.24) is 4.90 Å². The van der Waals surface area contributed by atoms with Crippen LogP contribution < -0.4 is 5.73 Å². The van der Waals surface area contributed by atoms with Gasteiger partial charge in [-0.25, -0.2) is 4.39 Å². The van der Waals surface area contributed by atoms with E-state index in [1.165, 1.54) is 6.07 Å². The van der Waals surface area contributed by atoms with Gasteiger partial charge in [0, 0.05) is 24.0 Å². The maximum absolute atomic E-state index is 13.8. The zero-order chi connectivity index (χ0) is 14.8. The zero-order valence-corrected chi connectivity index (χ0v) is 11.9. The number of benzene rings is 2. The fourth-order valence-corrected chi connectivity index (χ4v) is 2.99. The Hall–Kier alpha value is -1.94. The number of nitrogens with two attached hydrogens (primary N) is 1. The van der Waals surface area contributed by atoms with Gasteiger partial charge in [0.25, 0.3) is 5.91 Å². The van der Waals surface area contributed by atoms with Crippen LogP contribution in [0, 0.1) is 11.7 Å². The summed E-state index contributed by atoms with van der Waals surface area (Å²) < 4.78 is 13.8. The minimum atomic E-state index is -0.288. The third-order valence-electron chi connectivity index (χ3n) is 4.34. The number of nitrogens with zero attached hydrogens (tertiary/aromatic N) is 1. The first-order valence-corrected chi connectivity index (χ1v) is 7.37. The molecule has 0 radical (unpaired) electrons. The first-order chi connectivity index (χ1) is 10.2. The highest BCUT2D eigenvalue weighted by molar-refractivity contribution is 6.07. The Kier molecular flexibility index (Phi) is 3.88. The van der Waals surface area contributed by atoms with Crippen LogP contribution in [-0.2, 0) is 0 Å². The van der Waals surface area contributed by atoms with Crippen LogP contribution in [0.3, 0.4) is 0 Å². The highest BCUT2D eigenvalue weighted by Gasteiger charge is 2.24. The quantitative estimate of drug-likeness (QED) is 0.922. The second kappa shape index (κ2) is 5.82. The second-order valence-electron chi connectivity index (χ2n) is 5.61. The van der Waals surface area contributed by atoms with E-state index in [1.54, 1.807) is 24.3 Å². The van der Waals surface area contributed by atoms with Gasteiger partial charge in [-0.3, -0.25) is 4.79 Å². The van der Waals surface area contributed by atoms with Crippen LogP contribution in [-0.4, -0.2) is 30.4 Å². The summed E-state index contributed by atoms with van der Waals surface area (Å²) in [5.74, 6) is 0.213. The normalized spacial score (nSPS) is 16.4. The van der Waals surface area contributed by atoms with Crippen LogP contribution in [0.2, 0.25) is 0 Å². The number of amides is 1. The van der Waals surface area contributed by atoms with Crippen molar-refractivity contribution in [2.45, 2.75) is 12.8 Å². The number of hydrogen-bond acceptors (Lipinski definition) is 2. The Morgan fingerprint density at radius 2 is 1.81 bits per heavy atom. The maximum atomic E-state index is 13.8. The molecular formula is C17H19FN2O. The van der Waals surface area contributed by atoms with Crippen LogP contribution in [0.1, 0.15) is 23.2 Å². The molecule has 0 aromatic heterocycles. The van der Waals surface area contributed by atoms with Crippen LogP contribution in [0.4, 0.5) is 4.39 Å². The summed E-state index contributed by atoms with van der Waals surface area (Å²) in [4.78, 5) is 14.5. The van der Waals surface area contributed by atoms with Gasteiger partial charge in [-0.05, 0) is 42.8 Å². The molecule has 3 nitrogen and oxygen atoms in total. The predicted octanol–water partition coefficient (Wildman–Crippen LogP) is 2.79. The van der Waals surface area contributed by atoms with E-state index in [2.05, 4.69) is 0 Å². The van der Waals surface area contributed by atoms with Crippen LogP contribution >= 0.6 is 0 Å². The topological polar surface area (TPSA) is 46.3 Å². The summed E-state index contributed by atoms with van der Waals surface area (Å²) in [5, 5.41) is 1.18. The van der Waals surface area contributed by atoms with Gasteiger partial charge in [0.1, 0.15) is 5.82 Å². The lowest BCUT2D eigenvalue weighted by Gasteiger charge is -2.31. The minimum Gasteiger partial charge on any atom is -0.339 e. The molecule has 0 saturated carbocycles. The van der Waals surface area contributed by atoms with Gasteiger partial charge in [-0.15, -0.1) is 0 Å².